The molecule has 0 aromatic rings. The summed E-state index contributed by atoms with van der Waals surface area (Å²) in [6.45, 7) is 0.687. The largest absolute Gasteiger partial charge is 0.330 e. The highest BCUT2D eigenvalue weighted by atomic mass is 32.2. The molecule has 60 valence electrons. The van der Waals surface area contributed by atoms with E-state index < -0.39 is 9.73 Å². The molecule has 0 heterocycles. The van der Waals surface area contributed by atoms with Crippen molar-refractivity contribution in [1.29, 1.82) is 4.78 Å². The SMILES string of the molecule is CS(=N)(=O)C1CC(CN)C1. The fraction of sp³-hybridized carbons (Fsp3) is 1.00. The predicted molar refractivity (Wildman–Crippen MR) is 42.4 cm³/mol. The van der Waals surface area contributed by atoms with E-state index in [-0.39, 0.29) is 5.25 Å². The van der Waals surface area contributed by atoms with Gasteiger partial charge in [0, 0.05) is 21.2 Å². The highest BCUT2D eigenvalue weighted by Gasteiger charge is 2.32. The van der Waals surface area contributed by atoms with Crippen molar-refractivity contribution in [3.05, 3.63) is 0 Å². The maximum Gasteiger partial charge on any atom is 0.0441 e. The molecule has 3 nitrogen and oxygen atoms in total. The Bertz CT molecular complexity index is 204. The number of rotatable bonds is 2. The zero-order valence-corrected chi connectivity index (χ0v) is 6.99. The van der Waals surface area contributed by atoms with Crippen LogP contribution in [0.5, 0.6) is 0 Å². The molecule has 1 fully saturated rings. The molecule has 4 heteroatoms. The Morgan fingerprint density at radius 3 is 2.50 bits per heavy atom. The molecule has 0 aliphatic heterocycles. The summed E-state index contributed by atoms with van der Waals surface area (Å²) in [5.74, 6) is 0.538. The van der Waals surface area contributed by atoms with Crippen molar-refractivity contribution < 1.29 is 4.21 Å². The van der Waals surface area contributed by atoms with Crippen molar-refractivity contribution in [3.63, 3.8) is 0 Å². The van der Waals surface area contributed by atoms with Crippen LogP contribution in [0.15, 0.2) is 0 Å². The van der Waals surface area contributed by atoms with Crippen LogP contribution in [0.3, 0.4) is 0 Å². The summed E-state index contributed by atoms with van der Waals surface area (Å²) < 4.78 is 18.3. The first kappa shape index (κ1) is 8.01. The molecule has 0 amide bonds. The maximum absolute atomic E-state index is 11.1. The van der Waals surface area contributed by atoms with Gasteiger partial charge in [-0.1, -0.05) is 0 Å². The van der Waals surface area contributed by atoms with E-state index in [2.05, 4.69) is 0 Å². The average Bonchev–Trinajstić information content (AvgIpc) is 1.57. The molecule has 10 heavy (non-hydrogen) atoms. The topological polar surface area (TPSA) is 66.9 Å². The molecule has 1 unspecified atom stereocenters. The second-order valence-corrected chi connectivity index (χ2v) is 5.57. The molecule has 3 N–H and O–H groups in total. The highest BCUT2D eigenvalue weighted by molar-refractivity contribution is 7.92. The lowest BCUT2D eigenvalue weighted by atomic mass is 9.85. The minimum absolute atomic E-state index is 0.126. The zero-order valence-electron chi connectivity index (χ0n) is 6.17. The van der Waals surface area contributed by atoms with Crippen LogP contribution >= 0.6 is 0 Å². The minimum Gasteiger partial charge on any atom is -0.330 e. The van der Waals surface area contributed by atoms with E-state index >= 15 is 0 Å². The quantitative estimate of drug-likeness (QED) is 0.617. The number of nitrogens with two attached hydrogens (primary N) is 1. The van der Waals surface area contributed by atoms with Crippen molar-refractivity contribution in [3.8, 4) is 0 Å². The van der Waals surface area contributed by atoms with E-state index in [9.17, 15) is 4.21 Å². The van der Waals surface area contributed by atoms with Crippen LogP contribution in [0.1, 0.15) is 12.8 Å². The van der Waals surface area contributed by atoms with Crippen LogP contribution in [0.4, 0.5) is 0 Å². The predicted octanol–water partition coefficient (Wildman–Crippen LogP) is 0.400. The van der Waals surface area contributed by atoms with Gasteiger partial charge >= 0.3 is 0 Å². The van der Waals surface area contributed by atoms with Crippen LogP contribution in [-0.2, 0) is 9.73 Å². The van der Waals surface area contributed by atoms with E-state index in [1.54, 1.807) is 0 Å². The Hall–Kier alpha value is -0.0900. The fourth-order valence-electron chi connectivity index (χ4n) is 1.23. The normalized spacial score (nSPS) is 38.2. The third kappa shape index (κ3) is 1.49. The lowest BCUT2D eigenvalue weighted by molar-refractivity contribution is 0.331. The van der Waals surface area contributed by atoms with E-state index in [4.69, 9.17) is 10.5 Å². The Morgan fingerprint density at radius 2 is 2.20 bits per heavy atom. The van der Waals surface area contributed by atoms with Gasteiger partial charge in [-0.05, 0) is 25.3 Å². The Balaban J connectivity index is 2.41. The first-order valence-corrected chi connectivity index (χ1v) is 5.49. The summed E-state index contributed by atoms with van der Waals surface area (Å²) in [7, 11) is -2.26. The monoisotopic (exact) mass is 162 g/mol. The lowest BCUT2D eigenvalue weighted by Gasteiger charge is -2.34. The summed E-state index contributed by atoms with van der Waals surface area (Å²) in [4.78, 5) is 0. The summed E-state index contributed by atoms with van der Waals surface area (Å²) in [6, 6.07) is 0. The molecule has 0 bridgehead atoms. The Kier molecular flexibility index (Phi) is 2.01. The van der Waals surface area contributed by atoms with E-state index in [1.807, 2.05) is 0 Å². The lowest BCUT2D eigenvalue weighted by Crippen LogP contribution is -2.38. The summed E-state index contributed by atoms with van der Waals surface area (Å²) in [6.07, 6.45) is 3.31. The van der Waals surface area contributed by atoms with Crippen LogP contribution in [-0.4, -0.2) is 22.3 Å². The molecule has 1 rings (SSSR count). The molecule has 1 saturated carbocycles. The molecule has 0 spiro atoms. The molecule has 1 atom stereocenters. The highest BCUT2D eigenvalue weighted by Crippen LogP contribution is 2.31. The molecule has 0 aromatic carbocycles. The number of nitrogens with one attached hydrogen (secondary N) is 1. The van der Waals surface area contributed by atoms with Crippen molar-refractivity contribution >= 4 is 9.73 Å². The molecular weight excluding hydrogens is 148 g/mol. The molecule has 0 saturated heterocycles. The zero-order chi connectivity index (χ0) is 7.78. The van der Waals surface area contributed by atoms with Gasteiger partial charge in [0.25, 0.3) is 0 Å². The van der Waals surface area contributed by atoms with Crippen molar-refractivity contribution in [1.82, 2.24) is 0 Å². The van der Waals surface area contributed by atoms with Crippen LogP contribution in [0.25, 0.3) is 0 Å². The van der Waals surface area contributed by atoms with Crippen LogP contribution < -0.4 is 5.73 Å². The summed E-state index contributed by atoms with van der Waals surface area (Å²) in [5.41, 5.74) is 5.39. The van der Waals surface area contributed by atoms with E-state index in [0.29, 0.717) is 12.5 Å². The molecule has 0 aromatic heterocycles. The third-order valence-corrected chi connectivity index (χ3v) is 3.82. The van der Waals surface area contributed by atoms with E-state index in [0.717, 1.165) is 12.8 Å². The van der Waals surface area contributed by atoms with Gasteiger partial charge in [0.1, 0.15) is 0 Å². The van der Waals surface area contributed by atoms with Crippen molar-refractivity contribution in [2.24, 2.45) is 11.7 Å². The van der Waals surface area contributed by atoms with Gasteiger partial charge in [-0.25, -0.2) is 4.21 Å². The van der Waals surface area contributed by atoms with Gasteiger partial charge in [0.2, 0.25) is 0 Å². The van der Waals surface area contributed by atoms with Gasteiger partial charge in [0.15, 0.2) is 0 Å². The first-order chi connectivity index (χ1) is 4.54. The number of hydrogen-bond donors (Lipinski definition) is 2. The summed E-state index contributed by atoms with van der Waals surface area (Å²) in [5, 5.41) is 0.126. The average molecular weight is 162 g/mol. The molecular formula is C6H14N2OS. The molecule has 1 aliphatic carbocycles. The smallest absolute Gasteiger partial charge is 0.0441 e. The van der Waals surface area contributed by atoms with Gasteiger partial charge < -0.3 is 5.73 Å². The maximum atomic E-state index is 11.1. The van der Waals surface area contributed by atoms with Crippen LogP contribution in [0.2, 0.25) is 0 Å². The van der Waals surface area contributed by atoms with Crippen molar-refractivity contribution in [2.45, 2.75) is 18.1 Å². The molecule has 1 aliphatic rings. The van der Waals surface area contributed by atoms with Gasteiger partial charge in [0.05, 0.1) is 0 Å². The second kappa shape index (κ2) is 2.51. The van der Waals surface area contributed by atoms with Gasteiger partial charge in [-0.3, -0.25) is 4.78 Å². The van der Waals surface area contributed by atoms with Crippen LogP contribution in [0, 0.1) is 10.7 Å². The first-order valence-electron chi connectivity index (χ1n) is 3.46. The number of hydrogen-bond acceptors (Lipinski definition) is 3. The summed E-state index contributed by atoms with van der Waals surface area (Å²) >= 11 is 0. The standard InChI is InChI=1S/C6H14N2OS/c1-10(8,9)6-2-5(3-6)4-7/h5-6,8H,2-4,7H2,1H3. The molecule has 0 radical (unpaired) electrons. The third-order valence-electron chi connectivity index (χ3n) is 2.16. The Morgan fingerprint density at radius 1 is 1.70 bits per heavy atom. The fourth-order valence-corrected chi connectivity index (χ4v) is 2.51. The minimum atomic E-state index is -2.26. The van der Waals surface area contributed by atoms with Gasteiger partial charge in [-0.2, -0.15) is 0 Å². The van der Waals surface area contributed by atoms with Gasteiger partial charge in [-0.15, -0.1) is 0 Å². The Labute approximate surface area is 62.0 Å². The van der Waals surface area contributed by atoms with Crippen molar-refractivity contribution in [2.75, 3.05) is 12.8 Å². The van der Waals surface area contributed by atoms with E-state index in [1.165, 1.54) is 6.26 Å². The second-order valence-electron chi connectivity index (χ2n) is 3.10.